The Bertz CT molecular complexity index is 361. The van der Waals surface area contributed by atoms with Crippen LogP contribution in [0.3, 0.4) is 0 Å². The second kappa shape index (κ2) is 6.31. The van der Waals surface area contributed by atoms with Crippen molar-refractivity contribution in [2.45, 2.75) is 38.0 Å². The molecule has 1 atom stereocenters. The number of thioether (sulfide) groups is 1. The van der Waals surface area contributed by atoms with Crippen LogP contribution in [0.1, 0.15) is 30.4 Å². The number of rotatable bonds is 4. The molecule has 1 aliphatic heterocycles. The average Bonchev–Trinajstić information content (AvgIpc) is 2.36. The highest BCUT2D eigenvalue weighted by molar-refractivity contribution is 7.99. The molecule has 2 nitrogen and oxygen atoms in total. The third kappa shape index (κ3) is 3.65. The quantitative estimate of drug-likeness (QED) is 0.862. The summed E-state index contributed by atoms with van der Waals surface area (Å²) in [5, 5.41) is 14.1. The number of phenolic OH excluding ortho intramolecular Hbond substituents is 1. The molecule has 0 aromatic heterocycles. The maximum Gasteiger partial charge on any atom is 0.122 e. The molecule has 2 rings (SSSR count). The molecule has 1 saturated heterocycles. The maximum atomic E-state index is 9.89. The van der Waals surface area contributed by atoms with Crippen LogP contribution in [-0.2, 0) is 6.54 Å². The van der Waals surface area contributed by atoms with E-state index in [2.05, 4.69) is 17.1 Å². The summed E-state index contributed by atoms with van der Waals surface area (Å²) in [6.45, 7) is 3.76. The van der Waals surface area contributed by atoms with Gasteiger partial charge in [-0.3, -0.25) is 0 Å². The monoisotopic (exact) mass is 251 g/mol. The Labute approximate surface area is 108 Å². The van der Waals surface area contributed by atoms with Crippen LogP contribution >= 0.6 is 11.8 Å². The first-order valence-electron chi connectivity index (χ1n) is 6.37. The van der Waals surface area contributed by atoms with E-state index < -0.39 is 0 Å². The van der Waals surface area contributed by atoms with Crippen LogP contribution in [0.2, 0.25) is 0 Å². The first-order chi connectivity index (χ1) is 8.27. The van der Waals surface area contributed by atoms with Gasteiger partial charge in [0.05, 0.1) is 0 Å². The van der Waals surface area contributed by atoms with Gasteiger partial charge in [0.1, 0.15) is 5.75 Å². The number of hydrogen-bond acceptors (Lipinski definition) is 3. The van der Waals surface area contributed by atoms with E-state index in [1.54, 1.807) is 0 Å². The molecule has 3 heteroatoms. The zero-order valence-corrected chi connectivity index (χ0v) is 11.2. The lowest BCUT2D eigenvalue weighted by Crippen LogP contribution is -2.26. The Hall–Kier alpha value is -0.670. The van der Waals surface area contributed by atoms with Crippen molar-refractivity contribution >= 4 is 11.8 Å². The van der Waals surface area contributed by atoms with E-state index in [0.717, 1.165) is 29.5 Å². The van der Waals surface area contributed by atoms with Crippen molar-refractivity contribution in [3.63, 3.8) is 0 Å². The van der Waals surface area contributed by atoms with Crippen LogP contribution in [-0.4, -0.2) is 22.7 Å². The average molecular weight is 251 g/mol. The third-order valence-electron chi connectivity index (χ3n) is 3.28. The number of aryl methyl sites for hydroxylation is 1. The Morgan fingerprint density at radius 1 is 1.41 bits per heavy atom. The highest BCUT2D eigenvalue weighted by Gasteiger charge is 2.13. The van der Waals surface area contributed by atoms with Gasteiger partial charge in [0, 0.05) is 23.9 Å². The van der Waals surface area contributed by atoms with Crippen molar-refractivity contribution in [1.29, 1.82) is 0 Å². The summed E-state index contributed by atoms with van der Waals surface area (Å²) in [5.41, 5.74) is 1.96. The molecule has 94 valence electrons. The summed E-state index contributed by atoms with van der Waals surface area (Å²) < 4.78 is 0. The van der Waals surface area contributed by atoms with Crippen molar-refractivity contribution in [3.8, 4) is 5.75 Å². The van der Waals surface area contributed by atoms with E-state index in [4.69, 9.17) is 0 Å². The molecule has 1 aromatic carbocycles. The predicted molar refractivity (Wildman–Crippen MR) is 74.6 cm³/mol. The molecule has 0 saturated carbocycles. The van der Waals surface area contributed by atoms with Gasteiger partial charge in [0.25, 0.3) is 0 Å². The summed E-state index contributed by atoms with van der Waals surface area (Å²) >= 11 is 2.08. The summed E-state index contributed by atoms with van der Waals surface area (Å²) in [7, 11) is 0. The van der Waals surface area contributed by atoms with Crippen LogP contribution in [0.15, 0.2) is 18.2 Å². The molecule has 0 radical (unpaired) electrons. The van der Waals surface area contributed by atoms with E-state index in [1.807, 2.05) is 25.1 Å². The SMILES string of the molecule is Cc1cccc(CNCC2CCCCS2)c1O. The lowest BCUT2D eigenvalue weighted by Gasteiger charge is -2.21. The number of benzene rings is 1. The fraction of sp³-hybridized carbons (Fsp3) is 0.571. The van der Waals surface area contributed by atoms with E-state index >= 15 is 0 Å². The fourth-order valence-electron chi connectivity index (χ4n) is 2.20. The molecule has 1 aromatic rings. The molecule has 1 unspecified atom stereocenters. The minimum atomic E-state index is 0.441. The van der Waals surface area contributed by atoms with Gasteiger partial charge in [-0.05, 0) is 31.1 Å². The van der Waals surface area contributed by atoms with Crippen molar-refractivity contribution in [1.82, 2.24) is 5.32 Å². The molecule has 2 N–H and O–H groups in total. The molecule has 1 fully saturated rings. The Morgan fingerprint density at radius 2 is 2.29 bits per heavy atom. The zero-order valence-electron chi connectivity index (χ0n) is 10.4. The van der Waals surface area contributed by atoms with Gasteiger partial charge in [0.2, 0.25) is 0 Å². The van der Waals surface area contributed by atoms with Crippen molar-refractivity contribution in [2.24, 2.45) is 0 Å². The van der Waals surface area contributed by atoms with Gasteiger partial charge in [0.15, 0.2) is 0 Å². The minimum absolute atomic E-state index is 0.441. The molecule has 1 heterocycles. The van der Waals surface area contributed by atoms with E-state index in [-0.39, 0.29) is 0 Å². The lowest BCUT2D eigenvalue weighted by atomic mass is 10.1. The zero-order chi connectivity index (χ0) is 12.1. The first-order valence-corrected chi connectivity index (χ1v) is 7.42. The van der Waals surface area contributed by atoms with Crippen molar-refractivity contribution in [3.05, 3.63) is 29.3 Å². The molecule has 0 bridgehead atoms. The number of phenols is 1. The largest absolute Gasteiger partial charge is 0.507 e. The van der Waals surface area contributed by atoms with E-state index in [0.29, 0.717) is 5.75 Å². The standard InChI is InChI=1S/C14H21NOS/c1-11-5-4-6-12(14(11)16)9-15-10-13-7-2-3-8-17-13/h4-6,13,15-16H,2-3,7-10H2,1H3. The van der Waals surface area contributed by atoms with Crippen LogP contribution in [0.25, 0.3) is 0 Å². The topological polar surface area (TPSA) is 32.3 Å². The molecule has 17 heavy (non-hydrogen) atoms. The third-order valence-corrected chi connectivity index (χ3v) is 4.68. The highest BCUT2D eigenvalue weighted by Crippen LogP contribution is 2.25. The highest BCUT2D eigenvalue weighted by atomic mass is 32.2. The van der Waals surface area contributed by atoms with Crippen LogP contribution in [0, 0.1) is 6.92 Å². The summed E-state index contributed by atoms with van der Waals surface area (Å²) in [6, 6.07) is 5.93. The minimum Gasteiger partial charge on any atom is -0.507 e. The summed E-state index contributed by atoms with van der Waals surface area (Å²) in [6.07, 6.45) is 4.08. The van der Waals surface area contributed by atoms with Crippen molar-refractivity contribution < 1.29 is 5.11 Å². The second-order valence-corrected chi connectivity index (χ2v) is 6.11. The molecule has 0 spiro atoms. The van der Waals surface area contributed by atoms with Gasteiger partial charge in [-0.1, -0.05) is 24.6 Å². The van der Waals surface area contributed by atoms with Crippen LogP contribution in [0.5, 0.6) is 5.75 Å². The van der Waals surface area contributed by atoms with E-state index in [1.165, 1.54) is 25.0 Å². The first kappa shape index (κ1) is 12.8. The number of nitrogens with one attached hydrogen (secondary N) is 1. The second-order valence-electron chi connectivity index (χ2n) is 4.70. The van der Waals surface area contributed by atoms with Crippen molar-refractivity contribution in [2.75, 3.05) is 12.3 Å². The van der Waals surface area contributed by atoms with Gasteiger partial charge in [-0.2, -0.15) is 11.8 Å². The van der Waals surface area contributed by atoms with Gasteiger partial charge >= 0.3 is 0 Å². The number of hydrogen-bond donors (Lipinski definition) is 2. The van der Waals surface area contributed by atoms with Gasteiger partial charge in [-0.15, -0.1) is 0 Å². The Balaban J connectivity index is 1.79. The lowest BCUT2D eigenvalue weighted by molar-refractivity contribution is 0.459. The molecule has 0 aliphatic carbocycles. The smallest absolute Gasteiger partial charge is 0.122 e. The maximum absolute atomic E-state index is 9.89. The van der Waals surface area contributed by atoms with Gasteiger partial charge < -0.3 is 10.4 Å². The summed E-state index contributed by atoms with van der Waals surface area (Å²) in [5.74, 6) is 1.75. The Morgan fingerprint density at radius 3 is 3.06 bits per heavy atom. The molecular weight excluding hydrogens is 230 g/mol. The van der Waals surface area contributed by atoms with Gasteiger partial charge in [-0.25, -0.2) is 0 Å². The van der Waals surface area contributed by atoms with Crippen LogP contribution in [0.4, 0.5) is 0 Å². The predicted octanol–water partition coefficient (Wildman–Crippen LogP) is 3.08. The molecular formula is C14H21NOS. The molecule has 1 aliphatic rings. The normalized spacial score (nSPS) is 20.4. The van der Waals surface area contributed by atoms with E-state index in [9.17, 15) is 5.11 Å². The Kier molecular flexibility index (Phi) is 4.75. The summed E-state index contributed by atoms with van der Waals surface area (Å²) in [4.78, 5) is 0. The number of aromatic hydroxyl groups is 1. The fourth-order valence-corrected chi connectivity index (χ4v) is 3.47. The van der Waals surface area contributed by atoms with Crippen LogP contribution < -0.4 is 5.32 Å². The molecule has 0 amide bonds. The number of para-hydroxylation sites is 1.